The fourth-order valence-electron chi connectivity index (χ4n) is 2.78. The van der Waals surface area contributed by atoms with Gasteiger partial charge in [-0.15, -0.1) is 11.3 Å². The van der Waals surface area contributed by atoms with Crippen molar-refractivity contribution in [3.05, 3.63) is 46.4 Å². The maximum absolute atomic E-state index is 13.7. The van der Waals surface area contributed by atoms with Crippen molar-refractivity contribution >= 4 is 22.9 Å². The fraction of sp³-hybridized carbons (Fsp3) is 0.353. The van der Waals surface area contributed by atoms with Crippen molar-refractivity contribution < 1.29 is 13.9 Å². The van der Waals surface area contributed by atoms with Gasteiger partial charge in [0.1, 0.15) is 16.4 Å². The number of para-hydroxylation sites is 1. The summed E-state index contributed by atoms with van der Waals surface area (Å²) in [5.74, 6) is 0.405. The van der Waals surface area contributed by atoms with E-state index < -0.39 is 0 Å². The van der Waals surface area contributed by atoms with Crippen LogP contribution in [0.2, 0.25) is 0 Å². The van der Waals surface area contributed by atoms with Gasteiger partial charge in [0.25, 0.3) is 5.91 Å². The molecule has 1 aliphatic rings. The van der Waals surface area contributed by atoms with Crippen LogP contribution in [-0.4, -0.2) is 37.0 Å². The number of rotatable bonds is 4. The van der Waals surface area contributed by atoms with Crippen molar-refractivity contribution in [3.8, 4) is 5.75 Å². The molecule has 1 aliphatic heterocycles. The smallest absolute Gasteiger partial charge is 0.267 e. The molecule has 23 heavy (non-hydrogen) atoms. The van der Waals surface area contributed by atoms with Gasteiger partial charge in [-0.25, -0.2) is 4.39 Å². The van der Waals surface area contributed by atoms with E-state index in [9.17, 15) is 9.18 Å². The van der Waals surface area contributed by atoms with Gasteiger partial charge < -0.3 is 15.0 Å². The van der Waals surface area contributed by atoms with E-state index in [0.717, 1.165) is 12.8 Å². The maximum atomic E-state index is 13.7. The molecule has 0 radical (unpaired) electrons. The van der Waals surface area contributed by atoms with Gasteiger partial charge in [0.15, 0.2) is 0 Å². The number of halogens is 1. The first-order chi connectivity index (χ1) is 11.2. The number of carbonyl (C=O) groups excluding carboxylic acids is 1. The number of likely N-dealkylation sites (tertiary alicyclic amines) is 1. The van der Waals surface area contributed by atoms with Gasteiger partial charge in [0.05, 0.1) is 12.8 Å². The van der Waals surface area contributed by atoms with Crippen LogP contribution in [0.25, 0.3) is 0 Å². The minimum Gasteiger partial charge on any atom is -0.495 e. The molecule has 1 saturated heterocycles. The lowest BCUT2D eigenvalue weighted by atomic mass is 10.0. The fourth-order valence-corrected chi connectivity index (χ4v) is 3.61. The second-order valence-corrected chi connectivity index (χ2v) is 6.42. The molecular formula is C17H19FN2O2S. The molecule has 1 aromatic carbocycles. The zero-order valence-corrected chi connectivity index (χ0v) is 13.7. The van der Waals surface area contributed by atoms with Crippen LogP contribution in [0.1, 0.15) is 22.5 Å². The van der Waals surface area contributed by atoms with Crippen molar-refractivity contribution in [1.29, 1.82) is 0 Å². The van der Waals surface area contributed by atoms with Gasteiger partial charge in [0, 0.05) is 19.1 Å². The molecule has 0 spiro atoms. The van der Waals surface area contributed by atoms with Crippen LogP contribution in [0.4, 0.5) is 10.1 Å². The van der Waals surface area contributed by atoms with E-state index in [-0.39, 0.29) is 17.8 Å². The average Bonchev–Trinajstić information content (AvgIpc) is 3.05. The highest BCUT2D eigenvalue weighted by atomic mass is 32.1. The normalized spacial score (nSPS) is 15.5. The van der Waals surface area contributed by atoms with E-state index >= 15 is 0 Å². The molecule has 2 heterocycles. The lowest BCUT2D eigenvalue weighted by molar-refractivity contribution is 0.0720. The summed E-state index contributed by atoms with van der Waals surface area (Å²) in [6.45, 7) is 1.32. The lowest BCUT2D eigenvalue weighted by Crippen LogP contribution is -2.42. The topological polar surface area (TPSA) is 41.6 Å². The Kier molecular flexibility index (Phi) is 4.81. The number of amides is 1. The largest absolute Gasteiger partial charge is 0.495 e. The Balaban J connectivity index is 1.58. The molecule has 1 amide bonds. The summed E-state index contributed by atoms with van der Waals surface area (Å²) in [5, 5.41) is 5.09. The highest BCUT2D eigenvalue weighted by molar-refractivity contribution is 7.12. The SMILES string of the molecule is COc1ccsc1C(=O)N1CCC(Nc2ccccc2F)CC1. The van der Waals surface area contributed by atoms with E-state index in [2.05, 4.69) is 5.32 Å². The summed E-state index contributed by atoms with van der Waals surface area (Å²) in [5.41, 5.74) is 0.525. The maximum Gasteiger partial charge on any atom is 0.267 e. The number of nitrogens with one attached hydrogen (secondary N) is 1. The average molecular weight is 334 g/mol. The van der Waals surface area contributed by atoms with Crippen molar-refractivity contribution in [2.24, 2.45) is 0 Å². The first-order valence-electron chi connectivity index (χ1n) is 7.61. The van der Waals surface area contributed by atoms with E-state index in [4.69, 9.17) is 4.74 Å². The standard InChI is InChI=1S/C17H19FN2O2S/c1-22-15-8-11-23-16(15)17(21)20-9-6-12(7-10-20)19-14-5-3-2-4-13(14)18/h2-5,8,11-12,19H,6-7,9-10H2,1H3. The van der Waals surface area contributed by atoms with E-state index in [1.807, 2.05) is 22.4 Å². The number of thiophene rings is 1. The monoisotopic (exact) mass is 334 g/mol. The van der Waals surface area contributed by atoms with E-state index in [1.165, 1.54) is 17.4 Å². The van der Waals surface area contributed by atoms with Crippen LogP contribution < -0.4 is 10.1 Å². The predicted octanol–water partition coefficient (Wildman–Crippen LogP) is 3.61. The molecule has 0 unspecified atom stereocenters. The number of methoxy groups -OCH3 is 1. The molecule has 1 aromatic heterocycles. The third-order valence-corrected chi connectivity index (χ3v) is 4.94. The quantitative estimate of drug-likeness (QED) is 0.929. The molecule has 3 rings (SSSR count). The number of carbonyl (C=O) groups is 1. The van der Waals surface area contributed by atoms with Crippen molar-refractivity contribution in [1.82, 2.24) is 4.90 Å². The van der Waals surface area contributed by atoms with E-state index in [1.54, 1.807) is 19.2 Å². The summed E-state index contributed by atoms with van der Waals surface area (Å²) in [7, 11) is 1.57. The Labute approximate surface area is 138 Å². The van der Waals surface area contributed by atoms with Crippen LogP contribution >= 0.6 is 11.3 Å². The minimum atomic E-state index is -0.241. The van der Waals surface area contributed by atoms with Crippen LogP contribution in [0, 0.1) is 5.82 Å². The predicted molar refractivity (Wildman–Crippen MR) is 89.8 cm³/mol. The molecule has 0 atom stereocenters. The van der Waals surface area contributed by atoms with Crippen molar-refractivity contribution in [3.63, 3.8) is 0 Å². The molecule has 2 aromatic rings. The summed E-state index contributed by atoms with van der Waals surface area (Å²) in [6, 6.07) is 8.67. The number of piperidine rings is 1. The van der Waals surface area contributed by atoms with Gasteiger partial charge in [-0.2, -0.15) is 0 Å². The summed E-state index contributed by atoms with van der Waals surface area (Å²) < 4.78 is 18.9. The zero-order valence-electron chi connectivity index (χ0n) is 12.9. The van der Waals surface area contributed by atoms with Crippen LogP contribution in [0.3, 0.4) is 0 Å². The first-order valence-corrected chi connectivity index (χ1v) is 8.49. The highest BCUT2D eigenvalue weighted by Gasteiger charge is 2.26. The first kappa shape index (κ1) is 15.8. The summed E-state index contributed by atoms with van der Waals surface area (Å²) >= 11 is 1.40. The summed E-state index contributed by atoms with van der Waals surface area (Å²) in [4.78, 5) is 15.0. The van der Waals surface area contributed by atoms with Crippen molar-refractivity contribution in [2.45, 2.75) is 18.9 Å². The third kappa shape index (κ3) is 3.47. The molecule has 0 bridgehead atoms. The highest BCUT2D eigenvalue weighted by Crippen LogP contribution is 2.27. The Bertz CT molecular complexity index is 681. The Morgan fingerprint density at radius 1 is 1.30 bits per heavy atom. The Morgan fingerprint density at radius 3 is 2.74 bits per heavy atom. The van der Waals surface area contributed by atoms with Gasteiger partial charge in [0.2, 0.25) is 0 Å². The molecule has 0 aliphatic carbocycles. The van der Waals surface area contributed by atoms with Gasteiger partial charge in [-0.3, -0.25) is 4.79 Å². The van der Waals surface area contributed by atoms with Crippen LogP contribution in [0.15, 0.2) is 35.7 Å². The summed E-state index contributed by atoms with van der Waals surface area (Å²) in [6.07, 6.45) is 1.60. The molecule has 0 saturated carbocycles. The lowest BCUT2D eigenvalue weighted by Gasteiger charge is -2.32. The number of ether oxygens (including phenoxy) is 1. The van der Waals surface area contributed by atoms with E-state index in [0.29, 0.717) is 29.4 Å². The van der Waals surface area contributed by atoms with Gasteiger partial charge >= 0.3 is 0 Å². The van der Waals surface area contributed by atoms with Crippen LogP contribution in [0.5, 0.6) is 5.75 Å². The third-order valence-electron chi connectivity index (χ3n) is 4.06. The van der Waals surface area contributed by atoms with Crippen molar-refractivity contribution in [2.75, 3.05) is 25.5 Å². The van der Waals surface area contributed by atoms with Gasteiger partial charge in [-0.05, 0) is 36.4 Å². The zero-order chi connectivity index (χ0) is 16.2. The second kappa shape index (κ2) is 7.00. The molecule has 1 N–H and O–H groups in total. The Morgan fingerprint density at radius 2 is 2.04 bits per heavy atom. The molecule has 122 valence electrons. The molecule has 6 heteroatoms. The van der Waals surface area contributed by atoms with Gasteiger partial charge in [-0.1, -0.05) is 12.1 Å². The molecule has 1 fully saturated rings. The number of hydrogen-bond donors (Lipinski definition) is 1. The number of nitrogens with zero attached hydrogens (tertiary/aromatic N) is 1. The number of anilines is 1. The van der Waals surface area contributed by atoms with Crippen LogP contribution in [-0.2, 0) is 0 Å². The Hall–Kier alpha value is -2.08. The molecule has 4 nitrogen and oxygen atoms in total. The molecular weight excluding hydrogens is 315 g/mol. The second-order valence-electron chi connectivity index (χ2n) is 5.51. The number of hydrogen-bond acceptors (Lipinski definition) is 4. The minimum absolute atomic E-state index is 0.0150. The number of benzene rings is 1.